The topological polar surface area (TPSA) is 38.1 Å². The van der Waals surface area contributed by atoms with E-state index < -0.39 is 0 Å². The van der Waals surface area contributed by atoms with Crippen molar-refractivity contribution in [2.45, 2.75) is 26.7 Å². The van der Waals surface area contributed by atoms with E-state index in [0.29, 0.717) is 0 Å². The average molecular weight is 337 g/mol. The highest BCUT2D eigenvalue weighted by atomic mass is 79.9. The van der Waals surface area contributed by atoms with E-state index in [9.17, 15) is 5.11 Å². The van der Waals surface area contributed by atoms with E-state index in [4.69, 9.17) is 0 Å². The molecular formula is C16H21BrN2O. The normalized spacial score (nSPS) is 12.7. The van der Waals surface area contributed by atoms with Gasteiger partial charge in [-0.25, -0.2) is 0 Å². The molecule has 1 aromatic carbocycles. The first-order valence-corrected chi connectivity index (χ1v) is 7.65. The van der Waals surface area contributed by atoms with E-state index in [1.165, 1.54) is 11.1 Å². The summed E-state index contributed by atoms with van der Waals surface area (Å²) in [6.07, 6.45) is 1.71. The molecule has 0 fully saturated rings. The minimum atomic E-state index is 0.185. The number of benzene rings is 1. The van der Waals surface area contributed by atoms with Crippen molar-refractivity contribution in [2.24, 2.45) is 13.0 Å². The third-order valence-corrected chi connectivity index (χ3v) is 4.64. The number of halogens is 1. The molecule has 1 heterocycles. The summed E-state index contributed by atoms with van der Waals surface area (Å²) >= 11 is 3.59. The molecule has 0 saturated heterocycles. The zero-order chi connectivity index (χ0) is 14.7. The molecule has 108 valence electrons. The molecule has 4 heteroatoms. The molecule has 1 aromatic heterocycles. The quantitative estimate of drug-likeness (QED) is 0.910. The molecule has 20 heavy (non-hydrogen) atoms. The van der Waals surface area contributed by atoms with Crippen LogP contribution in [0.25, 0.3) is 0 Å². The second-order valence-corrected chi connectivity index (χ2v) is 6.21. The van der Waals surface area contributed by atoms with Crippen LogP contribution >= 0.6 is 15.9 Å². The molecule has 0 spiro atoms. The third kappa shape index (κ3) is 3.49. The fourth-order valence-electron chi connectivity index (χ4n) is 2.55. The van der Waals surface area contributed by atoms with Crippen LogP contribution in [0.5, 0.6) is 0 Å². The molecule has 1 N–H and O–H groups in total. The van der Waals surface area contributed by atoms with Crippen molar-refractivity contribution in [3.63, 3.8) is 0 Å². The Kier molecular flexibility index (Phi) is 5.00. The summed E-state index contributed by atoms with van der Waals surface area (Å²) in [5.41, 5.74) is 4.68. The van der Waals surface area contributed by atoms with E-state index in [0.717, 1.165) is 28.7 Å². The zero-order valence-electron chi connectivity index (χ0n) is 12.2. The SMILES string of the molecule is Cc1cccc(CC(CO)Cc2c(Br)c(C)nn2C)c1. The van der Waals surface area contributed by atoms with E-state index >= 15 is 0 Å². The molecule has 2 rings (SSSR count). The van der Waals surface area contributed by atoms with Crippen molar-refractivity contribution >= 4 is 15.9 Å². The predicted molar refractivity (Wildman–Crippen MR) is 84.8 cm³/mol. The summed E-state index contributed by atoms with van der Waals surface area (Å²) in [4.78, 5) is 0. The van der Waals surface area contributed by atoms with Crippen LogP contribution in [0.4, 0.5) is 0 Å². The Morgan fingerprint density at radius 2 is 2.05 bits per heavy atom. The lowest BCUT2D eigenvalue weighted by Crippen LogP contribution is -2.15. The number of aliphatic hydroxyl groups excluding tert-OH is 1. The van der Waals surface area contributed by atoms with Gasteiger partial charge in [0.25, 0.3) is 0 Å². The van der Waals surface area contributed by atoms with Crippen LogP contribution in [0.3, 0.4) is 0 Å². The van der Waals surface area contributed by atoms with Gasteiger partial charge in [-0.15, -0.1) is 0 Å². The number of rotatable bonds is 5. The Hall–Kier alpha value is -1.13. The summed E-state index contributed by atoms with van der Waals surface area (Å²) < 4.78 is 2.96. The van der Waals surface area contributed by atoms with Crippen molar-refractivity contribution in [1.82, 2.24) is 9.78 Å². The van der Waals surface area contributed by atoms with Crippen LogP contribution in [0.15, 0.2) is 28.7 Å². The van der Waals surface area contributed by atoms with Crippen molar-refractivity contribution in [3.05, 3.63) is 51.3 Å². The minimum Gasteiger partial charge on any atom is -0.396 e. The fourth-order valence-corrected chi connectivity index (χ4v) is 3.05. The molecule has 0 aliphatic heterocycles. The van der Waals surface area contributed by atoms with E-state index in [1.807, 2.05) is 18.7 Å². The molecule has 0 aliphatic carbocycles. The minimum absolute atomic E-state index is 0.185. The van der Waals surface area contributed by atoms with Crippen molar-refractivity contribution in [1.29, 1.82) is 0 Å². The van der Waals surface area contributed by atoms with Crippen LogP contribution in [-0.2, 0) is 19.9 Å². The number of hydrogen-bond donors (Lipinski definition) is 1. The maximum Gasteiger partial charge on any atom is 0.0738 e. The number of hydrogen-bond acceptors (Lipinski definition) is 2. The molecule has 0 saturated carbocycles. The van der Waals surface area contributed by atoms with Crippen molar-refractivity contribution in [3.8, 4) is 0 Å². The zero-order valence-corrected chi connectivity index (χ0v) is 13.8. The Bertz CT molecular complexity index is 592. The van der Waals surface area contributed by atoms with E-state index in [1.54, 1.807) is 0 Å². The first-order valence-electron chi connectivity index (χ1n) is 6.85. The second-order valence-electron chi connectivity index (χ2n) is 5.42. The van der Waals surface area contributed by atoms with Crippen LogP contribution in [-0.4, -0.2) is 21.5 Å². The maximum absolute atomic E-state index is 9.66. The van der Waals surface area contributed by atoms with Crippen LogP contribution in [0, 0.1) is 19.8 Å². The number of aromatic nitrogens is 2. The Morgan fingerprint density at radius 3 is 2.60 bits per heavy atom. The van der Waals surface area contributed by atoms with Gasteiger partial charge in [-0.2, -0.15) is 5.10 Å². The molecule has 0 aliphatic rings. The molecule has 0 radical (unpaired) electrons. The highest BCUT2D eigenvalue weighted by molar-refractivity contribution is 9.10. The summed E-state index contributed by atoms with van der Waals surface area (Å²) in [5, 5.41) is 14.1. The molecule has 0 bridgehead atoms. The second kappa shape index (κ2) is 6.55. The lowest BCUT2D eigenvalue weighted by molar-refractivity contribution is 0.223. The first-order chi connectivity index (χ1) is 9.51. The van der Waals surface area contributed by atoms with Gasteiger partial charge in [-0.3, -0.25) is 4.68 Å². The van der Waals surface area contributed by atoms with Crippen LogP contribution < -0.4 is 0 Å². The Morgan fingerprint density at radius 1 is 1.30 bits per heavy atom. The highest BCUT2D eigenvalue weighted by Crippen LogP contribution is 2.24. The lowest BCUT2D eigenvalue weighted by Gasteiger charge is -2.15. The molecule has 0 amide bonds. The number of nitrogens with zero attached hydrogens (tertiary/aromatic N) is 2. The Balaban J connectivity index is 2.13. The third-order valence-electron chi connectivity index (χ3n) is 3.61. The predicted octanol–water partition coefficient (Wildman–Crippen LogP) is 3.19. The van der Waals surface area contributed by atoms with E-state index in [-0.39, 0.29) is 12.5 Å². The van der Waals surface area contributed by atoms with Crippen molar-refractivity contribution in [2.75, 3.05) is 6.61 Å². The monoisotopic (exact) mass is 336 g/mol. The Labute approximate surface area is 128 Å². The summed E-state index contributed by atoms with van der Waals surface area (Å²) in [5.74, 6) is 0.211. The largest absolute Gasteiger partial charge is 0.396 e. The molecule has 3 nitrogen and oxygen atoms in total. The van der Waals surface area contributed by atoms with E-state index in [2.05, 4.69) is 52.2 Å². The van der Waals surface area contributed by atoms with Crippen molar-refractivity contribution < 1.29 is 5.11 Å². The van der Waals surface area contributed by atoms with Crippen LogP contribution in [0.1, 0.15) is 22.5 Å². The summed E-state index contributed by atoms with van der Waals surface area (Å²) in [6, 6.07) is 8.48. The van der Waals surface area contributed by atoms with Gasteiger partial charge in [-0.1, -0.05) is 29.8 Å². The fraction of sp³-hybridized carbons (Fsp3) is 0.438. The van der Waals surface area contributed by atoms with Gasteiger partial charge in [0.15, 0.2) is 0 Å². The molecule has 1 unspecified atom stereocenters. The average Bonchev–Trinajstić information content (AvgIpc) is 2.64. The van der Waals surface area contributed by atoms with Gasteiger partial charge in [0.1, 0.15) is 0 Å². The van der Waals surface area contributed by atoms with Gasteiger partial charge in [-0.05, 0) is 54.1 Å². The first kappa shape index (κ1) is 15.3. The summed E-state index contributed by atoms with van der Waals surface area (Å²) in [7, 11) is 1.95. The number of aryl methyl sites for hydroxylation is 3. The van der Waals surface area contributed by atoms with Gasteiger partial charge in [0, 0.05) is 13.7 Å². The molecule has 2 aromatic rings. The van der Waals surface area contributed by atoms with Gasteiger partial charge in [0.2, 0.25) is 0 Å². The van der Waals surface area contributed by atoms with Gasteiger partial charge in [0.05, 0.1) is 15.9 Å². The maximum atomic E-state index is 9.66. The highest BCUT2D eigenvalue weighted by Gasteiger charge is 2.16. The van der Waals surface area contributed by atoms with Crippen LogP contribution in [0.2, 0.25) is 0 Å². The number of aliphatic hydroxyl groups is 1. The molecular weight excluding hydrogens is 316 g/mol. The smallest absolute Gasteiger partial charge is 0.0738 e. The van der Waals surface area contributed by atoms with Gasteiger partial charge >= 0.3 is 0 Å². The standard InChI is InChI=1S/C16H21BrN2O/c1-11-5-4-6-13(7-11)8-14(10-20)9-15-16(17)12(2)18-19(15)3/h4-7,14,20H,8-10H2,1-3H3. The molecule has 1 atom stereocenters. The van der Waals surface area contributed by atoms with Gasteiger partial charge < -0.3 is 5.11 Å². The summed E-state index contributed by atoms with van der Waals surface area (Å²) in [6.45, 7) is 4.27. The lowest BCUT2D eigenvalue weighted by atomic mass is 9.94.